The molecule has 0 aliphatic rings. The zero-order chi connectivity index (χ0) is 15.2. The zero-order valence-electron chi connectivity index (χ0n) is 11.8. The first-order chi connectivity index (χ1) is 10.1. The molecule has 0 saturated heterocycles. The smallest absolute Gasteiger partial charge is 0.332 e. The van der Waals surface area contributed by atoms with Crippen molar-refractivity contribution in [2.75, 3.05) is 11.9 Å². The normalized spacial score (nSPS) is 11.3. The van der Waals surface area contributed by atoms with Crippen LogP contribution in [0.3, 0.4) is 0 Å². The number of nitrogens with zero attached hydrogens (tertiary/aromatic N) is 1. The van der Waals surface area contributed by atoms with Crippen LogP contribution >= 0.6 is 15.9 Å². The van der Waals surface area contributed by atoms with Gasteiger partial charge in [-0.05, 0) is 31.5 Å². The van der Waals surface area contributed by atoms with Crippen molar-refractivity contribution < 1.29 is 9.53 Å². The molecule has 0 radical (unpaired) electrons. The lowest BCUT2D eigenvalue weighted by atomic mass is 10.1. The Labute approximate surface area is 131 Å². The second-order valence-corrected chi connectivity index (χ2v) is 5.29. The van der Waals surface area contributed by atoms with Gasteiger partial charge in [0, 0.05) is 22.3 Å². The highest BCUT2D eigenvalue weighted by molar-refractivity contribution is 9.10. The maximum Gasteiger partial charge on any atom is 0.332 e. The molecule has 0 atom stereocenters. The minimum absolute atomic E-state index is 0.360. The van der Waals surface area contributed by atoms with E-state index >= 15 is 0 Å². The third-order valence-corrected chi connectivity index (χ3v) is 3.21. The Morgan fingerprint density at radius 3 is 2.81 bits per heavy atom. The van der Waals surface area contributed by atoms with Crippen LogP contribution in [-0.4, -0.2) is 22.8 Å². The molecule has 2 aromatic rings. The van der Waals surface area contributed by atoms with E-state index in [0.717, 1.165) is 15.7 Å². The van der Waals surface area contributed by atoms with Gasteiger partial charge in [-0.15, -0.1) is 0 Å². The molecule has 5 nitrogen and oxygen atoms in total. The van der Waals surface area contributed by atoms with Gasteiger partial charge in [0.2, 0.25) is 0 Å². The van der Waals surface area contributed by atoms with Crippen LogP contribution in [0.25, 0.3) is 11.3 Å². The summed E-state index contributed by atoms with van der Waals surface area (Å²) in [5.74, 6) is 0.275. The average molecular weight is 350 g/mol. The summed E-state index contributed by atoms with van der Waals surface area (Å²) in [6.07, 6.45) is 1.40. The second kappa shape index (κ2) is 7.08. The van der Waals surface area contributed by atoms with Crippen LogP contribution < -0.4 is 5.32 Å². The summed E-state index contributed by atoms with van der Waals surface area (Å²) >= 11 is 3.40. The Hall–Kier alpha value is -2.08. The molecule has 21 heavy (non-hydrogen) atoms. The number of allylic oxidation sites excluding steroid dienone is 1. The predicted molar refractivity (Wildman–Crippen MR) is 85.7 cm³/mol. The van der Waals surface area contributed by atoms with Crippen LogP contribution in [0.15, 0.2) is 46.6 Å². The highest BCUT2D eigenvalue weighted by atomic mass is 79.9. The number of carbonyl (C=O) groups is 1. The number of halogens is 1. The van der Waals surface area contributed by atoms with Crippen molar-refractivity contribution in [3.8, 4) is 11.3 Å². The number of hydrogen-bond donors (Lipinski definition) is 2. The fourth-order valence-corrected chi connectivity index (χ4v) is 2.03. The van der Waals surface area contributed by atoms with Gasteiger partial charge in [0.1, 0.15) is 0 Å². The van der Waals surface area contributed by atoms with Crippen LogP contribution in [0.5, 0.6) is 0 Å². The number of benzene rings is 1. The third-order valence-electron chi connectivity index (χ3n) is 2.68. The molecule has 1 aromatic carbocycles. The van der Waals surface area contributed by atoms with Gasteiger partial charge in [-0.1, -0.05) is 28.1 Å². The molecule has 0 amide bonds. The molecule has 2 rings (SSSR count). The number of hydrogen-bond acceptors (Lipinski definition) is 4. The Kier molecular flexibility index (Phi) is 5.16. The Balaban J connectivity index is 2.06. The van der Waals surface area contributed by atoms with Crippen molar-refractivity contribution >= 4 is 27.7 Å². The summed E-state index contributed by atoms with van der Waals surface area (Å²) < 4.78 is 5.87. The van der Waals surface area contributed by atoms with E-state index in [1.54, 1.807) is 13.8 Å². The van der Waals surface area contributed by atoms with Crippen molar-refractivity contribution in [3.05, 3.63) is 46.6 Å². The van der Waals surface area contributed by atoms with Crippen LogP contribution in [0.1, 0.15) is 13.8 Å². The van der Waals surface area contributed by atoms with Gasteiger partial charge >= 0.3 is 5.97 Å². The van der Waals surface area contributed by atoms with Crippen LogP contribution in [-0.2, 0) is 9.53 Å². The molecule has 0 unspecified atom stereocenters. The average Bonchev–Trinajstić information content (AvgIpc) is 2.88. The quantitative estimate of drug-likeness (QED) is 0.637. The molecular formula is C15H16BrN3O2. The van der Waals surface area contributed by atoms with E-state index in [2.05, 4.69) is 31.4 Å². The first kappa shape index (κ1) is 15.3. The van der Waals surface area contributed by atoms with E-state index in [1.807, 2.05) is 30.3 Å². The molecule has 0 fully saturated rings. The number of carbonyl (C=O) groups excluding carboxylic acids is 1. The van der Waals surface area contributed by atoms with E-state index in [-0.39, 0.29) is 5.97 Å². The highest BCUT2D eigenvalue weighted by Gasteiger charge is 2.05. The van der Waals surface area contributed by atoms with Gasteiger partial charge in [0.25, 0.3) is 0 Å². The number of aromatic amines is 1. The van der Waals surface area contributed by atoms with E-state index in [9.17, 15) is 4.79 Å². The van der Waals surface area contributed by atoms with E-state index < -0.39 is 0 Å². The topological polar surface area (TPSA) is 67.0 Å². The first-order valence-corrected chi connectivity index (χ1v) is 7.31. The number of aromatic nitrogens is 2. The van der Waals surface area contributed by atoms with Crippen molar-refractivity contribution in [2.45, 2.75) is 13.8 Å². The predicted octanol–water partition coefficient (Wildman–Crippen LogP) is 3.72. The maximum atomic E-state index is 11.3. The molecule has 0 spiro atoms. The molecule has 1 heterocycles. The molecule has 0 aliphatic carbocycles. The van der Waals surface area contributed by atoms with E-state index in [4.69, 9.17) is 4.74 Å². The van der Waals surface area contributed by atoms with E-state index in [0.29, 0.717) is 18.1 Å². The van der Waals surface area contributed by atoms with Crippen LogP contribution in [0, 0.1) is 0 Å². The summed E-state index contributed by atoms with van der Waals surface area (Å²) in [5.41, 5.74) is 2.60. The highest BCUT2D eigenvalue weighted by Crippen LogP contribution is 2.22. The van der Waals surface area contributed by atoms with Gasteiger partial charge < -0.3 is 10.1 Å². The Bertz CT molecular complexity index is 647. The standard InChI is InChI=1S/C15H16BrN3O2/c1-3-21-15(20)8-10(2)17-14-9-13(18-19-14)11-4-6-12(16)7-5-11/h4-9H,3H2,1-2H3,(H2,17,18,19)/b10-8+. The molecule has 0 bridgehead atoms. The second-order valence-electron chi connectivity index (χ2n) is 4.38. The number of H-pyrrole nitrogens is 1. The maximum absolute atomic E-state index is 11.3. The lowest BCUT2D eigenvalue weighted by Gasteiger charge is -2.02. The zero-order valence-corrected chi connectivity index (χ0v) is 13.4. The third kappa shape index (κ3) is 4.46. The lowest BCUT2D eigenvalue weighted by molar-refractivity contribution is -0.137. The largest absolute Gasteiger partial charge is 0.463 e. The van der Waals surface area contributed by atoms with Crippen molar-refractivity contribution in [2.24, 2.45) is 0 Å². The Morgan fingerprint density at radius 2 is 2.14 bits per heavy atom. The number of ether oxygens (including phenoxy) is 1. The number of esters is 1. The number of nitrogens with one attached hydrogen (secondary N) is 2. The fraction of sp³-hybridized carbons (Fsp3) is 0.200. The molecule has 2 N–H and O–H groups in total. The molecular weight excluding hydrogens is 334 g/mol. The van der Waals surface area contributed by atoms with Crippen molar-refractivity contribution in [3.63, 3.8) is 0 Å². The minimum atomic E-state index is -0.369. The molecule has 0 saturated carbocycles. The summed E-state index contributed by atoms with van der Waals surface area (Å²) in [5, 5.41) is 10.2. The lowest BCUT2D eigenvalue weighted by Crippen LogP contribution is -2.04. The van der Waals surface area contributed by atoms with Gasteiger partial charge in [0.15, 0.2) is 5.82 Å². The van der Waals surface area contributed by atoms with Crippen LogP contribution in [0.2, 0.25) is 0 Å². The Morgan fingerprint density at radius 1 is 1.43 bits per heavy atom. The van der Waals surface area contributed by atoms with Gasteiger partial charge in [0.05, 0.1) is 12.3 Å². The molecule has 1 aromatic heterocycles. The molecule has 110 valence electrons. The molecule has 6 heteroatoms. The van der Waals surface area contributed by atoms with Crippen molar-refractivity contribution in [1.82, 2.24) is 10.2 Å². The minimum Gasteiger partial charge on any atom is -0.463 e. The summed E-state index contributed by atoms with van der Waals surface area (Å²) in [4.78, 5) is 11.3. The SMILES string of the molecule is CCOC(=O)/C=C(\C)Nc1cc(-c2ccc(Br)cc2)[nH]n1. The van der Waals surface area contributed by atoms with Crippen molar-refractivity contribution in [1.29, 1.82) is 0 Å². The van der Waals surface area contributed by atoms with Gasteiger partial charge in [-0.3, -0.25) is 5.10 Å². The number of rotatable bonds is 5. The monoisotopic (exact) mass is 349 g/mol. The molecule has 0 aliphatic heterocycles. The number of anilines is 1. The first-order valence-electron chi connectivity index (χ1n) is 6.52. The van der Waals surface area contributed by atoms with Gasteiger partial charge in [-0.2, -0.15) is 5.10 Å². The summed E-state index contributed by atoms with van der Waals surface area (Å²) in [7, 11) is 0. The summed E-state index contributed by atoms with van der Waals surface area (Å²) in [6.45, 7) is 3.91. The summed E-state index contributed by atoms with van der Waals surface area (Å²) in [6, 6.07) is 9.79. The fourth-order valence-electron chi connectivity index (χ4n) is 1.76. The van der Waals surface area contributed by atoms with Crippen LogP contribution in [0.4, 0.5) is 5.82 Å². The van der Waals surface area contributed by atoms with E-state index in [1.165, 1.54) is 6.08 Å². The van der Waals surface area contributed by atoms with Gasteiger partial charge in [-0.25, -0.2) is 4.79 Å².